The van der Waals surface area contributed by atoms with E-state index in [-0.39, 0.29) is 10.6 Å². The van der Waals surface area contributed by atoms with E-state index in [1.807, 2.05) is 0 Å². The monoisotopic (exact) mass is 242 g/mol. The predicted molar refractivity (Wildman–Crippen MR) is 59.9 cm³/mol. The summed E-state index contributed by atoms with van der Waals surface area (Å²) in [7, 11) is 0. The first kappa shape index (κ1) is 12.3. The first-order valence-electron chi connectivity index (χ1n) is 4.47. The van der Waals surface area contributed by atoms with Crippen molar-refractivity contribution in [3.05, 3.63) is 28.8 Å². The fourth-order valence-corrected chi connectivity index (χ4v) is 1.18. The number of hydrogen-bond acceptors (Lipinski definition) is 4. The molecule has 86 valence electrons. The van der Waals surface area contributed by atoms with Gasteiger partial charge in [-0.05, 0) is 25.1 Å². The maximum absolute atomic E-state index is 11.6. The Hall–Kier alpha value is -1.75. The lowest BCUT2D eigenvalue weighted by Gasteiger charge is -2.10. The fourth-order valence-electron chi connectivity index (χ4n) is 0.981. The Morgan fingerprint density at radius 1 is 1.44 bits per heavy atom. The summed E-state index contributed by atoms with van der Waals surface area (Å²) >= 11 is 5.78. The van der Waals surface area contributed by atoms with E-state index in [0.29, 0.717) is 5.69 Å². The zero-order valence-corrected chi connectivity index (χ0v) is 9.32. The van der Waals surface area contributed by atoms with E-state index in [2.05, 4.69) is 0 Å². The van der Waals surface area contributed by atoms with Crippen LogP contribution in [0.3, 0.4) is 0 Å². The van der Waals surface area contributed by atoms with Gasteiger partial charge in [-0.15, -0.1) is 0 Å². The van der Waals surface area contributed by atoms with Crippen LogP contribution in [0.4, 0.5) is 5.69 Å². The normalized spacial score (nSPS) is 11.9. The molecule has 0 aliphatic heterocycles. The molecule has 0 heterocycles. The third-order valence-electron chi connectivity index (χ3n) is 1.89. The second-order valence-corrected chi connectivity index (χ2v) is 3.60. The van der Waals surface area contributed by atoms with Crippen LogP contribution in [0, 0.1) is 0 Å². The van der Waals surface area contributed by atoms with Crippen LogP contribution in [0.1, 0.15) is 17.3 Å². The maximum Gasteiger partial charge on any atom is 0.340 e. The van der Waals surface area contributed by atoms with Crippen LogP contribution >= 0.6 is 11.6 Å². The second kappa shape index (κ2) is 4.85. The highest BCUT2D eigenvalue weighted by molar-refractivity contribution is 6.33. The van der Waals surface area contributed by atoms with Crippen LogP contribution in [-0.2, 0) is 9.53 Å². The van der Waals surface area contributed by atoms with Crippen molar-refractivity contribution in [1.29, 1.82) is 0 Å². The number of amides is 1. The third kappa shape index (κ3) is 2.87. The van der Waals surface area contributed by atoms with Gasteiger partial charge in [-0.3, -0.25) is 4.79 Å². The average Bonchev–Trinajstić information content (AvgIpc) is 2.21. The number of primary amides is 1. The van der Waals surface area contributed by atoms with Crippen molar-refractivity contribution in [2.75, 3.05) is 5.73 Å². The first-order chi connectivity index (χ1) is 7.41. The van der Waals surface area contributed by atoms with Gasteiger partial charge >= 0.3 is 5.97 Å². The van der Waals surface area contributed by atoms with E-state index in [9.17, 15) is 9.59 Å². The smallest absolute Gasteiger partial charge is 0.340 e. The Labute approximate surface area is 97.3 Å². The van der Waals surface area contributed by atoms with Crippen molar-refractivity contribution in [2.24, 2.45) is 5.73 Å². The molecule has 0 aliphatic rings. The largest absolute Gasteiger partial charge is 0.449 e. The molecular weight excluding hydrogens is 232 g/mol. The van der Waals surface area contributed by atoms with Gasteiger partial charge in [0.2, 0.25) is 0 Å². The Bertz CT molecular complexity index is 434. The second-order valence-electron chi connectivity index (χ2n) is 3.19. The zero-order valence-electron chi connectivity index (χ0n) is 8.57. The summed E-state index contributed by atoms with van der Waals surface area (Å²) in [4.78, 5) is 22.3. The number of rotatable bonds is 3. The molecule has 6 heteroatoms. The summed E-state index contributed by atoms with van der Waals surface area (Å²) in [5, 5.41) is 0.205. The van der Waals surface area contributed by atoms with Crippen molar-refractivity contribution in [3.63, 3.8) is 0 Å². The molecule has 16 heavy (non-hydrogen) atoms. The molecule has 4 N–H and O–H groups in total. The van der Waals surface area contributed by atoms with Crippen molar-refractivity contribution < 1.29 is 14.3 Å². The van der Waals surface area contributed by atoms with Crippen LogP contribution in [0.25, 0.3) is 0 Å². The summed E-state index contributed by atoms with van der Waals surface area (Å²) in [5.41, 5.74) is 10.9. The van der Waals surface area contributed by atoms with Crippen LogP contribution in [0.15, 0.2) is 18.2 Å². The van der Waals surface area contributed by atoms with Gasteiger partial charge in [-0.1, -0.05) is 11.6 Å². The summed E-state index contributed by atoms with van der Waals surface area (Å²) < 4.78 is 4.78. The molecule has 0 saturated carbocycles. The standard InChI is InChI=1S/C10H11ClN2O3/c1-5(9(13)14)16-10(15)7-4-6(12)2-3-8(7)11/h2-5H,12H2,1H3,(H2,13,14). The van der Waals surface area contributed by atoms with E-state index < -0.39 is 18.0 Å². The van der Waals surface area contributed by atoms with Gasteiger partial charge in [0, 0.05) is 5.69 Å². The van der Waals surface area contributed by atoms with Crippen molar-refractivity contribution in [1.82, 2.24) is 0 Å². The molecular formula is C10H11ClN2O3. The number of nitrogen functional groups attached to an aromatic ring is 1. The highest BCUT2D eigenvalue weighted by Crippen LogP contribution is 2.20. The number of anilines is 1. The van der Waals surface area contributed by atoms with Gasteiger partial charge < -0.3 is 16.2 Å². The SMILES string of the molecule is CC(OC(=O)c1cc(N)ccc1Cl)C(N)=O. The Balaban J connectivity index is 2.88. The fraction of sp³-hybridized carbons (Fsp3) is 0.200. The topological polar surface area (TPSA) is 95.4 Å². The molecule has 5 nitrogen and oxygen atoms in total. The van der Waals surface area contributed by atoms with Crippen LogP contribution in [0.5, 0.6) is 0 Å². The highest BCUT2D eigenvalue weighted by atomic mass is 35.5. The van der Waals surface area contributed by atoms with Gasteiger partial charge in [-0.25, -0.2) is 4.79 Å². The van der Waals surface area contributed by atoms with Crippen LogP contribution < -0.4 is 11.5 Å². The number of halogens is 1. The number of carbonyl (C=O) groups excluding carboxylic acids is 2. The van der Waals surface area contributed by atoms with E-state index in [4.69, 9.17) is 27.8 Å². The number of nitrogens with two attached hydrogens (primary N) is 2. The van der Waals surface area contributed by atoms with Crippen molar-refractivity contribution in [3.8, 4) is 0 Å². The molecule has 0 fully saturated rings. The van der Waals surface area contributed by atoms with E-state index in [1.165, 1.54) is 19.1 Å². The third-order valence-corrected chi connectivity index (χ3v) is 2.22. The van der Waals surface area contributed by atoms with E-state index in [0.717, 1.165) is 0 Å². The molecule has 0 saturated heterocycles. The predicted octanol–water partition coefficient (Wildman–Crippen LogP) is 0.953. The summed E-state index contributed by atoms with van der Waals surface area (Å²) in [6, 6.07) is 4.40. The number of benzene rings is 1. The minimum Gasteiger partial charge on any atom is -0.449 e. The molecule has 1 aromatic carbocycles. The molecule has 1 atom stereocenters. The van der Waals surface area contributed by atoms with Crippen LogP contribution in [0.2, 0.25) is 5.02 Å². The minimum atomic E-state index is -1.01. The zero-order chi connectivity index (χ0) is 12.3. The number of carbonyl (C=O) groups is 2. The lowest BCUT2D eigenvalue weighted by Crippen LogP contribution is -2.30. The summed E-state index contributed by atoms with van der Waals surface area (Å²) in [6.07, 6.45) is -1.01. The molecule has 1 unspecified atom stereocenters. The summed E-state index contributed by atoms with van der Waals surface area (Å²) in [6.45, 7) is 1.38. The van der Waals surface area contributed by atoms with Gasteiger partial charge in [0.05, 0.1) is 10.6 Å². The molecule has 0 aromatic heterocycles. The quantitative estimate of drug-likeness (QED) is 0.609. The molecule has 0 radical (unpaired) electrons. The van der Waals surface area contributed by atoms with Crippen molar-refractivity contribution in [2.45, 2.75) is 13.0 Å². The Morgan fingerprint density at radius 2 is 2.06 bits per heavy atom. The van der Waals surface area contributed by atoms with Gasteiger partial charge in [0.25, 0.3) is 5.91 Å². The average molecular weight is 243 g/mol. The van der Waals surface area contributed by atoms with Gasteiger partial charge in [0.1, 0.15) is 0 Å². The number of hydrogen-bond donors (Lipinski definition) is 2. The molecule has 0 spiro atoms. The number of esters is 1. The van der Waals surface area contributed by atoms with E-state index >= 15 is 0 Å². The van der Waals surface area contributed by atoms with Gasteiger partial charge in [0.15, 0.2) is 6.10 Å². The molecule has 0 aliphatic carbocycles. The molecule has 1 rings (SSSR count). The molecule has 0 bridgehead atoms. The maximum atomic E-state index is 11.6. The lowest BCUT2D eigenvalue weighted by molar-refractivity contribution is -0.125. The Kier molecular flexibility index (Phi) is 3.73. The Morgan fingerprint density at radius 3 is 2.62 bits per heavy atom. The van der Waals surface area contributed by atoms with E-state index in [1.54, 1.807) is 6.07 Å². The number of ether oxygens (including phenoxy) is 1. The molecule has 1 aromatic rings. The lowest BCUT2D eigenvalue weighted by atomic mass is 10.2. The molecule has 1 amide bonds. The van der Waals surface area contributed by atoms with Gasteiger partial charge in [-0.2, -0.15) is 0 Å². The summed E-state index contributed by atoms with van der Waals surface area (Å²) in [5.74, 6) is -1.46. The van der Waals surface area contributed by atoms with Crippen molar-refractivity contribution >= 4 is 29.2 Å². The highest BCUT2D eigenvalue weighted by Gasteiger charge is 2.18. The van der Waals surface area contributed by atoms with Crippen LogP contribution in [-0.4, -0.2) is 18.0 Å². The minimum absolute atomic E-state index is 0.106. The first-order valence-corrected chi connectivity index (χ1v) is 4.85.